The van der Waals surface area contributed by atoms with Gasteiger partial charge in [-0.3, -0.25) is 9.69 Å². The zero-order valence-electron chi connectivity index (χ0n) is 17.0. The van der Waals surface area contributed by atoms with E-state index in [9.17, 15) is 4.79 Å². The van der Waals surface area contributed by atoms with Gasteiger partial charge in [-0.2, -0.15) is 9.36 Å². The number of morpholine rings is 1. The van der Waals surface area contributed by atoms with Crippen molar-refractivity contribution in [3.8, 4) is 23.0 Å². The molecule has 1 saturated heterocycles. The quantitative estimate of drug-likeness (QED) is 0.512. The second-order valence-corrected chi connectivity index (χ2v) is 8.28. The molecule has 0 bridgehead atoms. The third kappa shape index (κ3) is 4.34. The summed E-state index contributed by atoms with van der Waals surface area (Å²) in [5, 5.41) is 8.08. The largest absolute Gasteiger partial charge is 0.379 e. The van der Waals surface area contributed by atoms with Crippen molar-refractivity contribution in [2.75, 3.05) is 38.2 Å². The SMILES string of the molecule is Cc1ccc2snc(-c3nc(-c4cccc(NC(=O)CN5CCOCC5)c4)no3)c2c1. The lowest BCUT2D eigenvalue weighted by atomic mass is 10.1. The molecule has 158 valence electrons. The first-order chi connectivity index (χ1) is 15.2. The van der Waals surface area contributed by atoms with Crippen molar-refractivity contribution in [2.45, 2.75) is 6.92 Å². The standard InChI is InChI=1S/C22H21N5O3S/c1-14-5-6-18-17(11-14)20(26-31-18)22-24-21(25-30-22)15-3-2-4-16(12-15)23-19(28)13-27-7-9-29-10-8-27/h2-6,11-12H,7-10,13H2,1H3,(H,23,28). The van der Waals surface area contributed by atoms with Crippen LogP contribution in [0.5, 0.6) is 0 Å². The number of anilines is 1. The van der Waals surface area contributed by atoms with Crippen LogP contribution < -0.4 is 5.32 Å². The van der Waals surface area contributed by atoms with Gasteiger partial charge < -0.3 is 14.6 Å². The van der Waals surface area contributed by atoms with Gasteiger partial charge in [-0.25, -0.2) is 0 Å². The first-order valence-electron chi connectivity index (χ1n) is 10.1. The smallest absolute Gasteiger partial charge is 0.278 e. The maximum atomic E-state index is 12.4. The molecule has 2 aromatic carbocycles. The van der Waals surface area contributed by atoms with Gasteiger partial charge in [0.15, 0.2) is 0 Å². The Balaban J connectivity index is 1.33. The zero-order chi connectivity index (χ0) is 21.2. The average molecular weight is 436 g/mol. The number of aromatic nitrogens is 3. The molecular formula is C22H21N5O3S. The molecule has 1 aliphatic rings. The fourth-order valence-corrected chi connectivity index (χ4v) is 4.29. The Hall–Kier alpha value is -3.14. The van der Waals surface area contributed by atoms with Crippen LogP contribution in [-0.4, -0.2) is 58.2 Å². The summed E-state index contributed by atoms with van der Waals surface area (Å²) in [4.78, 5) is 19.0. The lowest BCUT2D eigenvalue weighted by Gasteiger charge is -2.25. The van der Waals surface area contributed by atoms with Gasteiger partial charge in [-0.15, -0.1) is 0 Å². The summed E-state index contributed by atoms with van der Waals surface area (Å²) in [5.41, 5.74) is 3.29. The van der Waals surface area contributed by atoms with Crippen molar-refractivity contribution in [1.29, 1.82) is 0 Å². The van der Waals surface area contributed by atoms with E-state index in [2.05, 4.69) is 36.9 Å². The molecule has 31 heavy (non-hydrogen) atoms. The van der Waals surface area contributed by atoms with E-state index in [1.54, 1.807) is 0 Å². The number of amides is 1. The predicted molar refractivity (Wildman–Crippen MR) is 119 cm³/mol. The molecule has 4 aromatic rings. The number of carbonyl (C=O) groups excluding carboxylic acids is 1. The van der Waals surface area contributed by atoms with Crippen LogP contribution >= 0.6 is 11.5 Å². The van der Waals surface area contributed by atoms with Crippen LogP contribution in [0.2, 0.25) is 0 Å². The fourth-order valence-electron chi connectivity index (χ4n) is 3.54. The number of rotatable bonds is 5. The van der Waals surface area contributed by atoms with Crippen LogP contribution in [0.15, 0.2) is 47.0 Å². The van der Waals surface area contributed by atoms with Crippen LogP contribution in [0.3, 0.4) is 0 Å². The monoisotopic (exact) mass is 435 g/mol. The number of hydrogen-bond donors (Lipinski definition) is 1. The van der Waals surface area contributed by atoms with E-state index in [0.717, 1.165) is 34.3 Å². The van der Waals surface area contributed by atoms with Crippen LogP contribution in [0, 0.1) is 6.92 Å². The maximum Gasteiger partial charge on any atom is 0.278 e. The number of benzene rings is 2. The molecule has 0 aliphatic carbocycles. The van der Waals surface area contributed by atoms with E-state index in [4.69, 9.17) is 9.26 Å². The van der Waals surface area contributed by atoms with Crippen LogP contribution in [0.1, 0.15) is 5.56 Å². The highest BCUT2D eigenvalue weighted by Gasteiger charge is 2.18. The van der Waals surface area contributed by atoms with Crippen LogP contribution in [0.25, 0.3) is 33.1 Å². The minimum absolute atomic E-state index is 0.0582. The van der Waals surface area contributed by atoms with Crippen LogP contribution in [-0.2, 0) is 9.53 Å². The third-order valence-corrected chi connectivity index (χ3v) is 5.96. The van der Waals surface area contributed by atoms with Gasteiger partial charge in [0.25, 0.3) is 5.89 Å². The molecule has 8 nitrogen and oxygen atoms in total. The van der Waals surface area contributed by atoms with Crippen molar-refractivity contribution < 1.29 is 14.1 Å². The number of ether oxygens (including phenoxy) is 1. The molecule has 5 rings (SSSR count). The summed E-state index contributed by atoms with van der Waals surface area (Å²) >= 11 is 1.41. The van der Waals surface area contributed by atoms with Crippen molar-refractivity contribution in [3.05, 3.63) is 48.0 Å². The first kappa shape index (κ1) is 19.8. The first-order valence-corrected chi connectivity index (χ1v) is 10.8. The molecule has 1 fully saturated rings. The van der Waals surface area contributed by atoms with Gasteiger partial charge in [-0.1, -0.05) is 28.9 Å². The number of nitrogens with one attached hydrogen (secondary N) is 1. The predicted octanol–water partition coefficient (Wildman–Crippen LogP) is 3.59. The highest BCUT2D eigenvalue weighted by Crippen LogP contribution is 2.32. The molecule has 0 atom stereocenters. The van der Waals surface area contributed by atoms with E-state index in [0.29, 0.717) is 42.9 Å². The zero-order valence-corrected chi connectivity index (χ0v) is 17.8. The van der Waals surface area contributed by atoms with E-state index in [1.807, 2.05) is 37.3 Å². The van der Waals surface area contributed by atoms with E-state index < -0.39 is 0 Å². The topological polar surface area (TPSA) is 93.4 Å². The number of carbonyl (C=O) groups is 1. The lowest BCUT2D eigenvalue weighted by Crippen LogP contribution is -2.41. The highest BCUT2D eigenvalue weighted by atomic mass is 32.1. The Kier molecular flexibility index (Phi) is 5.46. The Bertz CT molecular complexity index is 1230. The summed E-state index contributed by atoms with van der Waals surface area (Å²) in [7, 11) is 0. The third-order valence-electron chi connectivity index (χ3n) is 5.13. The van der Waals surface area contributed by atoms with Gasteiger partial charge in [0.1, 0.15) is 5.69 Å². The number of nitrogens with zero attached hydrogens (tertiary/aromatic N) is 4. The number of hydrogen-bond acceptors (Lipinski definition) is 8. The van der Waals surface area contributed by atoms with Crippen molar-refractivity contribution >= 4 is 33.2 Å². The number of fused-ring (bicyclic) bond motifs is 1. The van der Waals surface area contributed by atoms with Crippen LogP contribution in [0.4, 0.5) is 5.69 Å². The summed E-state index contributed by atoms with van der Waals surface area (Å²) in [5.74, 6) is 0.777. The van der Waals surface area contributed by atoms with Crippen molar-refractivity contribution in [3.63, 3.8) is 0 Å². The second kappa shape index (κ2) is 8.54. The minimum Gasteiger partial charge on any atom is -0.379 e. The van der Waals surface area contributed by atoms with E-state index >= 15 is 0 Å². The highest BCUT2D eigenvalue weighted by molar-refractivity contribution is 7.13. The second-order valence-electron chi connectivity index (χ2n) is 7.47. The summed E-state index contributed by atoms with van der Waals surface area (Å²) in [6, 6.07) is 13.6. The fraction of sp³-hybridized carbons (Fsp3) is 0.273. The molecule has 1 N–H and O–H groups in total. The molecule has 0 spiro atoms. The van der Waals surface area contributed by atoms with Gasteiger partial charge in [0.2, 0.25) is 11.7 Å². The molecule has 1 aliphatic heterocycles. The summed E-state index contributed by atoms with van der Waals surface area (Å²) < 4.78 is 16.4. The average Bonchev–Trinajstić information content (AvgIpc) is 3.41. The Morgan fingerprint density at radius 3 is 2.94 bits per heavy atom. The number of aryl methyl sites for hydroxylation is 1. The Morgan fingerprint density at radius 2 is 2.06 bits per heavy atom. The summed E-state index contributed by atoms with van der Waals surface area (Å²) in [6.07, 6.45) is 0. The van der Waals surface area contributed by atoms with Crippen molar-refractivity contribution in [1.82, 2.24) is 19.4 Å². The Morgan fingerprint density at radius 1 is 1.19 bits per heavy atom. The lowest BCUT2D eigenvalue weighted by molar-refractivity contribution is -0.118. The van der Waals surface area contributed by atoms with Gasteiger partial charge in [-0.05, 0) is 42.7 Å². The molecule has 0 unspecified atom stereocenters. The molecular weight excluding hydrogens is 414 g/mol. The Labute approximate surface area is 183 Å². The normalized spacial score (nSPS) is 14.7. The molecule has 0 saturated carbocycles. The molecule has 1 amide bonds. The minimum atomic E-state index is -0.0582. The molecule has 0 radical (unpaired) electrons. The van der Waals surface area contributed by atoms with Gasteiger partial charge in [0, 0.05) is 29.7 Å². The maximum absolute atomic E-state index is 12.4. The van der Waals surface area contributed by atoms with E-state index in [-0.39, 0.29) is 5.91 Å². The molecule has 3 heterocycles. The summed E-state index contributed by atoms with van der Waals surface area (Å²) in [6.45, 7) is 5.25. The van der Waals surface area contributed by atoms with Gasteiger partial charge in [0.05, 0.1) is 24.5 Å². The van der Waals surface area contributed by atoms with Gasteiger partial charge >= 0.3 is 0 Å². The molecule has 2 aromatic heterocycles. The van der Waals surface area contributed by atoms with E-state index in [1.165, 1.54) is 11.5 Å². The van der Waals surface area contributed by atoms with Crippen molar-refractivity contribution in [2.24, 2.45) is 0 Å². The molecule has 9 heteroatoms.